The van der Waals surface area contributed by atoms with Gasteiger partial charge in [0.05, 0.1) is 6.10 Å². The zero-order valence-corrected chi connectivity index (χ0v) is 11.0. The van der Waals surface area contributed by atoms with Gasteiger partial charge < -0.3 is 10.4 Å². The van der Waals surface area contributed by atoms with Crippen LogP contribution in [0.1, 0.15) is 36.8 Å². The Labute approximate surface area is 108 Å². The minimum absolute atomic E-state index is 0.177. The van der Waals surface area contributed by atoms with Crippen LogP contribution in [0.15, 0.2) is 18.2 Å². The molecule has 0 spiro atoms. The Morgan fingerprint density at radius 3 is 2.83 bits per heavy atom. The zero-order valence-electron chi connectivity index (χ0n) is 11.0. The lowest BCUT2D eigenvalue weighted by atomic mass is 10.0. The Hall–Kier alpha value is -0.930. The van der Waals surface area contributed by atoms with Crippen molar-refractivity contribution < 1.29 is 9.50 Å². The summed E-state index contributed by atoms with van der Waals surface area (Å²) in [4.78, 5) is 0. The van der Waals surface area contributed by atoms with Gasteiger partial charge in [-0.3, -0.25) is 0 Å². The fourth-order valence-electron chi connectivity index (χ4n) is 2.70. The molecule has 3 heteroatoms. The highest BCUT2D eigenvalue weighted by molar-refractivity contribution is 5.23. The molecule has 1 atom stereocenters. The molecule has 0 amide bonds. The van der Waals surface area contributed by atoms with Gasteiger partial charge in [-0.15, -0.1) is 0 Å². The van der Waals surface area contributed by atoms with Crippen molar-refractivity contribution in [2.24, 2.45) is 5.92 Å². The monoisotopic (exact) mass is 251 g/mol. The van der Waals surface area contributed by atoms with Crippen LogP contribution in [-0.2, 0) is 6.54 Å². The Balaban J connectivity index is 1.79. The average molecular weight is 251 g/mol. The molecular weight excluding hydrogens is 229 g/mol. The van der Waals surface area contributed by atoms with Crippen LogP contribution in [-0.4, -0.2) is 17.8 Å². The second kappa shape index (κ2) is 6.30. The van der Waals surface area contributed by atoms with Gasteiger partial charge in [-0.2, -0.15) is 0 Å². The molecule has 1 saturated carbocycles. The van der Waals surface area contributed by atoms with Crippen molar-refractivity contribution in [3.8, 4) is 0 Å². The van der Waals surface area contributed by atoms with Crippen LogP contribution in [0, 0.1) is 18.7 Å². The van der Waals surface area contributed by atoms with Crippen molar-refractivity contribution in [3.05, 3.63) is 35.1 Å². The third kappa shape index (κ3) is 3.53. The van der Waals surface area contributed by atoms with E-state index < -0.39 is 0 Å². The first-order chi connectivity index (χ1) is 8.66. The minimum atomic E-state index is -0.291. The number of aliphatic hydroxyl groups excluding tert-OH is 1. The van der Waals surface area contributed by atoms with Crippen molar-refractivity contribution in [3.63, 3.8) is 0 Å². The van der Waals surface area contributed by atoms with Crippen molar-refractivity contribution in [1.29, 1.82) is 0 Å². The first kappa shape index (κ1) is 13.5. The molecule has 1 aliphatic carbocycles. The van der Waals surface area contributed by atoms with E-state index in [2.05, 4.69) is 5.32 Å². The molecule has 0 bridgehead atoms. The van der Waals surface area contributed by atoms with Crippen molar-refractivity contribution in [2.75, 3.05) is 6.54 Å². The Morgan fingerprint density at radius 1 is 1.39 bits per heavy atom. The van der Waals surface area contributed by atoms with Gasteiger partial charge in [0.25, 0.3) is 0 Å². The number of aliphatic hydroxyl groups is 1. The quantitative estimate of drug-likeness (QED) is 0.843. The lowest BCUT2D eigenvalue weighted by molar-refractivity contribution is 0.109. The van der Waals surface area contributed by atoms with Crippen LogP contribution in [0.3, 0.4) is 0 Å². The summed E-state index contributed by atoms with van der Waals surface area (Å²) in [5, 5.41) is 13.2. The number of hydrogen-bond acceptors (Lipinski definition) is 2. The van der Waals surface area contributed by atoms with E-state index in [9.17, 15) is 9.50 Å². The second-order valence-corrected chi connectivity index (χ2v) is 5.34. The van der Waals surface area contributed by atoms with Crippen molar-refractivity contribution in [1.82, 2.24) is 5.32 Å². The number of rotatable bonds is 5. The van der Waals surface area contributed by atoms with E-state index in [1.54, 1.807) is 6.07 Å². The van der Waals surface area contributed by atoms with Gasteiger partial charge in [-0.05, 0) is 31.7 Å². The summed E-state index contributed by atoms with van der Waals surface area (Å²) in [6.07, 6.45) is 4.42. The Morgan fingerprint density at radius 2 is 2.11 bits per heavy atom. The third-order valence-corrected chi connectivity index (χ3v) is 3.81. The standard InChI is InChI=1S/C15H22FNO/c1-11-6-7-14(16)13(8-11)9-17-10-15(18)12-4-2-3-5-12/h6-8,12,15,17-18H,2-5,9-10H2,1H3. The highest BCUT2D eigenvalue weighted by Gasteiger charge is 2.22. The van der Waals surface area contributed by atoms with Crippen LogP contribution < -0.4 is 5.32 Å². The topological polar surface area (TPSA) is 32.3 Å². The molecule has 0 saturated heterocycles. The molecule has 2 N–H and O–H groups in total. The molecule has 18 heavy (non-hydrogen) atoms. The molecule has 0 heterocycles. The van der Waals surface area contributed by atoms with Crippen LogP contribution in [0.2, 0.25) is 0 Å². The number of aryl methyl sites for hydroxylation is 1. The highest BCUT2D eigenvalue weighted by atomic mass is 19.1. The van der Waals surface area contributed by atoms with Gasteiger partial charge in [-0.25, -0.2) is 4.39 Å². The van der Waals surface area contributed by atoms with Gasteiger partial charge in [0.1, 0.15) is 5.82 Å². The summed E-state index contributed by atoms with van der Waals surface area (Å²) in [5.74, 6) is 0.253. The molecule has 0 aliphatic heterocycles. The maximum atomic E-state index is 13.5. The number of nitrogens with one attached hydrogen (secondary N) is 1. The molecule has 2 rings (SSSR count). The van der Waals surface area contributed by atoms with Gasteiger partial charge in [0.15, 0.2) is 0 Å². The van der Waals surface area contributed by atoms with E-state index in [0.717, 1.165) is 18.4 Å². The maximum absolute atomic E-state index is 13.5. The van der Waals surface area contributed by atoms with Crippen molar-refractivity contribution in [2.45, 2.75) is 45.3 Å². The lowest BCUT2D eigenvalue weighted by Gasteiger charge is -2.18. The van der Waals surface area contributed by atoms with E-state index in [4.69, 9.17) is 0 Å². The molecule has 0 aromatic heterocycles. The van der Waals surface area contributed by atoms with Crippen LogP contribution in [0.25, 0.3) is 0 Å². The maximum Gasteiger partial charge on any atom is 0.127 e. The molecule has 100 valence electrons. The second-order valence-electron chi connectivity index (χ2n) is 5.34. The molecule has 1 unspecified atom stereocenters. The Kier molecular flexibility index (Phi) is 4.72. The van der Waals surface area contributed by atoms with Crippen LogP contribution in [0.5, 0.6) is 0 Å². The predicted octanol–water partition coefficient (Wildman–Crippen LogP) is 2.77. The fourth-order valence-corrected chi connectivity index (χ4v) is 2.70. The van der Waals surface area contributed by atoms with E-state index in [1.165, 1.54) is 18.9 Å². The largest absolute Gasteiger partial charge is 0.392 e. The summed E-state index contributed by atoms with van der Waals surface area (Å²) in [5.41, 5.74) is 1.73. The van der Waals surface area contributed by atoms with E-state index in [1.807, 2.05) is 13.0 Å². The number of hydrogen-bond donors (Lipinski definition) is 2. The SMILES string of the molecule is Cc1ccc(F)c(CNCC(O)C2CCCC2)c1. The van der Waals surface area contributed by atoms with Crippen LogP contribution >= 0.6 is 0 Å². The average Bonchev–Trinajstić information content (AvgIpc) is 2.87. The molecule has 1 fully saturated rings. The van der Waals surface area contributed by atoms with E-state index >= 15 is 0 Å². The fraction of sp³-hybridized carbons (Fsp3) is 0.600. The number of benzene rings is 1. The molecule has 1 aliphatic rings. The Bertz CT molecular complexity index is 388. The van der Waals surface area contributed by atoms with Gasteiger partial charge in [0, 0.05) is 18.7 Å². The third-order valence-electron chi connectivity index (χ3n) is 3.81. The smallest absolute Gasteiger partial charge is 0.127 e. The summed E-state index contributed by atoms with van der Waals surface area (Å²) in [6, 6.07) is 5.12. The molecular formula is C15H22FNO. The summed E-state index contributed by atoms with van der Waals surface area (Å²) < 4.78 is 13.5. The van der Waals surface area contributed by atoms with Gasteiger partial charge in [-0.1, -0.05) is 30.5 Å². The zero-order chi connectivity index (χ0) is 13.0. The van der Waals surface area contributed by atoms with Crippen LogP contribution in [0.4, 0.5) is 4.39 Å². The molecule has 1 aromatic rings. The summed E-state index contributed by atoms with van der Waals surface area (Å²) >= 11 is 0. The highest BCUT2D eigenvalue weighted by Crippen LogP contribution is 2.27. The van der Waals surface area contributed by atoms with Crippen molar-refractivity contribution >= 4 is 0 Å². The number of halogens is 1. The first-order valence-electron chi connectivity index (χ1n) is 6.80. The normalized spacial score (nSPS) is 18.2. The molecule has 2 nitrogen and oxygen atoms in total. The summed E-state index contributed by atoms with van der Waals surface area (Å²) in [7, 11) is 0. The lowest BCUT2D eigenvalue weighted by Crippen LogP contribution is -2.31. The van der Waals surface area contributed by atoms with E-state index in [0.29, 0.717) is 24.6 Å². The summed E-state index contributed by atoms with van der Waals surface area (Å²) in [6.45, 7) is 2.99. The van der Waals surface area contributed by atoms with E-state index in [-0.39, 0.29) is 11.9 Å². The van der Waals surface area contributed by atoms with Gasteiger partial charge in [0.2, 0.25) is 0 Å². The first-order valence-corrected chi connectivity index (χ1v) is 6.80. The predicted molar refractivity (Wildman–Crippen MR) is 70.8 cm³/mol. The molecule has 0 radical (unpaired) electrons. The molecule has 1 aromatic carbocycles. The minimum Gasteiger partial charge on any atom is -0.392 e. The van der Waals surface area contributed by atoms with Gasteiger partial charge >= 0.3 is 0 Å².